The van der Waals surface area contributed by atoms with Crippen molar-refractivity contribution in [3.8, 4) is 0 Å². The molecule has 1 aliphatic heterocycles. The number of carbonyl (C=O) groups excluding carboxylic acids is 2. The molecular weight excluding hydrogens is 430 g/mol. The lowest BCUT2D eigenvalue weighted by atomic mass is 9.87. The Morgan fingerprint density at radius 3 is 2.31 bits per heavy atom. The highest BCUT2D eigenvalue weighted by atomic mass is 32.2. The SMILES string of the molecule is CC(C)(C)c1ccc(S(=O)(=O)NCCC(=O)NC2CCN(C(=O)c3ccoc3)CC2)cc1. The minimum Gasteiger partial charge on any atom is -0.472 e. The highest BCUT2D eigenvalue weighted by Gasteiger charge is 2.25. The number of carbonyl (C=O) groups is 2. The van der Waals surface area contributed by atoms with Crippen molar-refractivity contribution in [2.24, 2.45) is 0 Å². The molecule has 32 heavy (non-hydrogen) atoms. The first-order valence-corrected chi connectivity index (χ1v) is 12.3. The topological polar surface area (TPSA) is 109 Å². The van der Waals surface area contributed by atoms with Gasteiger partial charge in [0.25, 0.3) is 5.91 Å². The quantitative estimate of drug-likeness (QED) is 0.659. The summed E-state index contributed by atoms with van der Waals surface area (Å²) in [7, 11) is -3.67. The van der Waals surface area contributed by atoms with E-state index in [9.17, 15) is 18.0 Å². The van der Waals surface area contributed by atoms with Gasteiger partial charge in [-0.1, -0.05) is 32.9 Å². The highest BCUT2D eigenvalue weighted by Crippen LogP contribution is 2.23. The van der Waals surface area contributed by atoms with Crippen LogP contribution in [-0.4, -0.2) is 50.8 Å². The number of piperidine rings is 1. The van der Waals surface area contributed by atoms with Crippen LogP contribution in [0.5, 0.6) is 0 Å². The van der Waals surface area contributed by atoms with Gasteiger partial charge in [-0.05, 0) is 42.0 Å². The second-order valence-corrected chi connectivity index (χ2v) is 10.8. The first-order valence-electron chi connectivity index (χ1n) is 10.8. The van der Waals surface area contributed by atoms with Crippen LogP contribution in [0.3, 0.4) is 0 Å². The maximum Gasteiger partial charge on any atom is 0.257 e. The second kappa shape index (κ2) is 9.87. The largest absolute Gasteiger partial charge is 0.472 e. The van der Waals surface area contributed by atoms with Gasteiger partial charge in [-0.3, -0.25) is 9.59 Å². The Hall–Kier alpha value is -2.65. The van der Waals surface area contributed by atoms with E-state index in [1.807, 2.05) is 12.1 Å². The van der Waals surface area contributed by atoms with E-state index in [2.05, 4.69) is 30.8 Å². The summed E-state index contributed by atoms with van der Waals surface area (Å²) >= 11 is 0. The number of likely N-dealkylation sites (tertiary alicyclic amines) is 1. The minimum absolute atomic E-state index is 0.0208. The van der Waals surface area contributed by atoms with E-state index in [1.54, 1.807) is 23.1 Å². The van der Waals surface area contributed by atoms with Gasteiger partial charge in [0.15, 0.2) is 0 Å². The highest BCUT2D eigenvalue weighted by molar-refractivity contribution is 7.89. The van der Waals surface area contributed by atoms with Gasteiger partial charge in [0.1, 0.15) is 6.26 Å². The first-order chi connectivity index (χ1) is 15.1. The van der Waals surface area contributed by atoms with Crippen molar-refractivity contribution in [3.05, 3.63) is 54.0 Å². The van der Waals surface area contributed by atoms with Gasteiger partial charge >= 0.3 is 0 Å². The number of furan rings is 1. The predicted octanol–water partition coefficient (Wildman–Crippen LogP) is 2.67. The molecule has 0 saturated carbocycles. The molecule has 3 rings (SSSR count). The monoisotopic (exact) mass is 461 g/mol. The van der Waals surface area contributed by atoms with Gasteiger partial charge < -0.3 is 14.6 Å². The molecule has 8 nitrogen and oxygen atoms in total. The zero-order chi connectivity index (χ0) is 23.4. The molecular formula is C23H31N3O5S. The Morgan fingerprint density at radius 2 is 1.75 bits per heavy atom. The molecule has 2 aromatic rings. The second-order valence-electron chi connectivity index (χ2n) is 9.07. The molecule has 0 unspecified atom stereocenters. The Bertz CT molecular complexity index is 1020. The Kier molecular flexibility index (Phi) is 7.40. The molecule has 2 amide bonds. The van der Waals surface area contributed by atoms with E-state index in [4.69, 9.17) is 4.42 Å². The molecule has 0 aliphatic carbocycles. The van der Waals surface area contributed by atoms with Gasteiger partial charge in [-0.25, -0.2) is 13.1 Å². The standard InChI is InChI=1S/C23H31N3O5S/c1-23(2,3)18-4-6-20(7-5-18)32(29,30)24-12-8-21(27)25-19-9-13-26(14-10-19)22(28)17-11-15-31-16-17/h4-7,11,15-16,19,24H,8-10,12-14H2,1-3H3,(H,25,27). The lowest BCUT2D eigenvalue weighted by Crippen LogP contribution is -2.46. The maximum atomic E-state index is 12.5. The first kappa shape index (κ1) is 24.0. The number of benzene rings is 1. The normalized spacial score (nSPS) is 15.5. The third kappa shape index (κ3) is 6.20. The number of sulfonamides is 1. The Labute approximate surface area is 189 Å². The average Bonchev–Trinajstić information content (AvgIpc) is 3.28. The van der Waals surface area contributed by atoms with Gasteiger partial charge in [0.2, 0.25) is 15.9 Å². The molecule has 2 N–H and O–H groups in total. The smallest absolute Gasteiger partial charge is 0.257 e. The summed E-state index contributed by atoms with van der Waals surface area (Å²) < 4.78 is 32.4. The number of amides is 2. The van der Waals surface area contributed by atoms with Crippen molar-refractivity contribution in [2.75, 3.05) is 19.6 Å². The molecule has 1 aromatic carbocycles. The molecule has 0 bridgehead atoms. The van der Waals surface area contributed by atoms with E-state index in [0.29, 0.717) is 31.5 Å². The molecule has 174 valence electrons. The van der Waals surface area contributed by atoms with Crippen molar-refractivity contribution < 1.29 is 22.4 Å². The van der Waals surface area contributed by atoms with Crippen molar-refractivity contribution in [1.29, 1.82) is 0 Å². The maximum absolute atomic E-state index is 12.5. The summed E-state index contributed by atoms with van der Waals surface area (Å²) in [5, 5.41) is 2.93. The van der Waals surface area contributed by atoms with Crippen LogP contribution in [0.4, 0.5) is 0 Å². The van der Waals surface area contributed by atoms with Gasteiger partial charge in [-0.2, -0.15) is 0 Å². The molecule has 0 atom stereocenters. The lowest BCUT2D eigenvalue weighted by Gasteiger charge is -2.32. The van der Waals surface area contributed by atoms with Crippen LogP contribution in [-0.2, 0) is 20.2 Å². The summed E-state index contributed by atoms with van der Waals surface area (Å²) in [5.74, 6) is -0.288. The lowest BCUT2D eigenvalue weighted by molar-refractivity contribution is -0.121. The zero-order valence-corrected chi connectivity index (χ0v) is 19.6. The molecule has 1 fully saturated rings. The summed E-state index contributed by atoms with van der Waals surface area (Å²) in [6.07, 6.45) is 4.25. The van der Waals surface area contributed by atoms with Crippen molar-refractivity contribution in [1.82, 2.24) is 14.9 Å². The van der Waals surface area contributed by atoms with E-state index in [0.717, 1.165) is 5.56 Å². The molecule has 1 saturated heterocycles. The van der Waals surface area contributed by atoms with Gasteiger partial charge in [0.05, 0.1) is 16.7 Å². The van der Waals surface area contributed by atoms with Crippen LogP contribution < -0.4 is 10.0 Å². The summed E-state index contributed by atoms with van der Waals surface area (Å²) in [6, 6.07) is 8.40. The molecule has 0 spiro atoms. The van der Waals surface area contributed by atoms with Gasteiger partial charge in [-0.15, -0.1) is 0 Å². The molecule has 9 heteroatoms. The van der Waals surface area contributed by atoms with Crippen molar-refractivity contribution in [2.45, 2.75) is 56.4 Å². The van der Waals surface area contributed by atoms with Crippen LogP contribution in [0.1, 0.15) is 56.0 Å². The summed E-state index contributed by atoms with van der Waals surface area (Å²) in [5.41, 5.74) is 1.51. The fourth-order valence-electron chi connectivity index (χ4n) is 3.61. The molecule has 1 aromatic heterocycles. The number of rotatable bonds is 7. The average molecular weight is 462 g/mol. The van der Waals surface area contributed by atoms with Gasteiger partial charge in [0, 0.05) is 32.1 Å². The third-order valence-electron chi connectivity index (χ3n) is 5.59. The van der Waals surface area contributed by atoms with Crippen molar-refractivity contribution in [3.63, 3.8) is 0 Å². The van der Waals surface area contributed by atoms with Crippen LogP contribution in [0, 0.1) is 0 Å². The van der Waals surface area contributed by atoms with Crippen LogP contribution in [0.25, 0.3) is 0 Å². The number of nitrogens with one attached hydrogen (secondary N) is 2. The van der Waals surface area contributed by atoms with E-state index in [1.165, 1.54) is 12.5 Å². The van der Waals surface area contributed by atoms with E-state index in [-0.39, 0.29) is 41.1 Å². The predicted molar refractivity (Wildman–Crippen MR) is 121 cm³/mol. The number of hydrogen-bond acceptors (Lipinski definition) is 5. The zero-order valence-electron chi connectivity index (χ0n) is 18.8. The third-order valence-corrected chi connectivity index (χ3v) is 7.07. The number of hydrogen-bond donors (Lipinski definition) is 2. The van der Waals surface area contributed by atoms with Crippen LogP contribution in [0.2, 0.25) is 0 Å². The summed E-state index contributed by atoms with van der Waals surface area (Å²) in [6.45, 7) is 7.31. The van der Waals surface area contributed by atoms with E-state index < -0.39 is 10.0 Å². The number of nitrogens with zero attached hydrogens (tertiary/aromatic N) is 1. The minimum atomic E-state index is -3.67. The Morgan fingerprint density at radius 1 is 1.09 bits per heavy atom. The van der Waals surface area contributed by atoms with E-state index >= 15 is 0 Å². The molecule has 1 aliphatic rings. The summed E-state index contributed by atoms with van der Waals surface area (Å²) in [4.78, 5) is 26.5. The van der Waals surface area contributed by atoms with Crippen molar-refractivity contribution >= 4 is 21.8 Å². The molecule has 0 radical (unpaired) electrons. The van der Waals surface area contributed by atoms with Crippen LogP contribution >= 0.6 is 0 Å². The fourth-order valence-corrected chi connectivity index (χ4v) is 4.64. The Balaban J connectivity index is 1.41. The molecule has 2 heterocycles. The fraction of sp³-hybridized carbons (Fsp3) is 0.478. The van der Waals surface area contributed by atoms with Crippen LogP contribution in [0.15, 0.2) is 52.2 Å².